The molecule has 2 heterocycles. The summed E-state index contributed by atoms with van der Waals surface area (Å²) in [4.78, 5) is 28.6. The lowest BCUT2D eigenvalue weighted by atomic mass is 10.1. The maximum atomic E-state index is 12.9. The zero-order chi connectivity index (χ0) is 20.1. The van der Waals surface area contributed by atoms with Crippen molar-refractivity contribution in [2.75, 3.05) is 0 Å². The predicted molar refractivity (Wildman–Crippen MR) is 103 cm³/mol. The molecule has 1 amide bonds. The van der Waals surface area contributed by atoms with Crippen LogP contribution in [0.5, 0.6) is 0 Å². The van der Waals surface area contributed by atoms with Gasteiger partial charge < -0.3 is 5.32 Å². The largest absolute Gasteiger partial charge is 0.349 e. The molecule has 0 aliphatic carbocycles. The van der Waals surface area contributed by atoms with Crippen LogP contribution in [-0.4, -0.2) is 26.5 Å². The van der Waals surface area contributed by atoms with Gasteiger partial charge in [0.05, 0.1) is 12.2 Å². The van der Waals surface area contributed by atoms with Crippen LogP contribution in [0.3, 0.4) is 0 Å². The molecule has 6 nitrogen and oxygen atoms in total. The molecule has 0 radical (unpaired) electrons. The standard InChI is InChI=1S/C21H21FN4O2/c1-14(18-13-24-26(15(18)2)20-5-3-4-12-23-20)25-21(28)11-10-19(27)16-6-8-17(22)9-7-16/h3-9,12-14H,10-11H2,1-2H3,(H,25,28)/t14-/m0/s1. The van der Waals surface area contributed by atoms with Gasteiger partial charge >= 0.3 is 0 Å². The van der Waals surface area contributed by atoms with Gasteiger partial charge in [-0.25, -0.2) is 14.1 Å². The molecule has 3 aromatic rings. The molecule has 0 saturated heterocycles. The first-order valence-electron chi connectivity index (χ1n) is 8.99. The number of amides is 1. The van der Waals surface area contributed by atoms with Crippen molar-refractivity contribution in [2.24, 2.45) is 0 Å². The molecule has 7 heteroatoms. The zero-order valence-electron chi connectivity index (χ0n) is 15.7. The van der Waals surface area contributed by atoms with Crippen LogP contribution in [0.1, 0.15) is 47.4 Å². The maximum Gasteiger partial charge on any atom is 0.220 e. The number of nitrogens with one attached hydrogen (secondary N) is 1. The molecule has 0 bridgehead atoms. The quantitative estimate of drug-likeness (QED) is 0.636. The van der Waals surface area contributed by atoms with Crippen molar-refractivity contribution in [3.05, 3.63) is 77.5 Å². The minimum absolute atomic E-state index is 0.0635. The van der Waals surface area contributed by atoms with Gasteiger partial charge in [0, 0.05) is 35.9 Å². The first kappa shape index (κ1) is 19.4. The summed E-state index contributed by atoms with van der Waals surface area (Å²) in [6.45, 7) is 3.78. The summed E-state index contributed by atoms with van der Waals surface area (Å²) in [6, 6.07) is 10.6. The Balaban J connectivity index is 1.58. The fourth-order valence-corrected chi connectivity index (χ4v) is 2.96. The van der Waals surface area contributed by atoms with Gasteiger partial charge in [-0.1, -0.05) is 6.07 Å². The second-order valence-corrected chi connectivity index (χ2v) is 6.50. The van der Waals surface area contributed by atoms with Crippen LogP contribution in [0.2, 0.25) is 0 Å². The highest BCUT2D eigenvalue weighted by molar-refractivity contribution is 5.97. The van der Waals surface area contributed by atoms with Crippen LogP contribution in [0.15, 0.2) is 54.9 Å². The monoisotopic (exact) mass is 380 g/mol. The van der Waals surface area contributed by atoms with Crippen molar-refractivity contribution in [2.45, 2.75) is 32.7 Å². The van der Waals surface area contributed by atoms with Gasteiger partial charge in [-0.05, 0) is 50.2 Å². The number of aromatic nitrogens is 3. The Hall–Kier alpha value is -3.35. The lowest BCUT2D eigenvalue weighted by Gasteiger charge is -2.14. The highest BCUT2D eigenvalue weighted by atomic mass is 19.1. The van der Waals surface area contributed by atoms with Gasteiger partial charge in [0.15, 0.2) is 11.6 Å². The van der Waals surface area contributed by atoms with Crippen LogP contribution in [0, 0.1) is 12.7 Å². The number of carbonyl (C=O) groups excluding carboxylic acids is 2. The lowest BCUT2D eigenvalue weighted by Crippen LogP contribution is -2.27. The highest BCUT2D eigenvalue weighted by Crippen LogP contribution is 2.19. The van der Waals surface area contributed by atoms with Gasteiger partial charge in [0.1, 0.15) is 5.82 Å². The number of nitrogens with zero attached hydrogens (tertiary/aromatic N) is 3. The Bertz CT molecular complexity index is 968. The number of halogens is 1. The second kappa shape index (κ2) is 8.56. The molecule has 1 atom stereocenters. The minimum atomic E-state index is -0.398. The lowest BCUT2D eigenvalue weighted by molar-refractivity contribution is -0.121. The number of benzene rings is 1. The predicted octanol–water partition coefficient (Wildman–Crippen LogP) is 3.56. The molecule has 0 spiro atoms. The Morgan fingerprint density at radius 2 is 1.89 bits per heavy atom. The summed E-state index contributed by atoms with van der Waals surface area (Å²) in [7, 11) is 0. The zero-order valence-corrected chi connectivity index (χ0v) is 15.7. The van der Waals surface area contributed by atoms with Crippen molar-refractivity contribution >= 4 is 11.7 Å². The molecule has 0 aliphatic rings. The third-order valence-corrected chi connectivity index (χ3v) is 4.50. The number of Topliss-reactive ketones (excluding diaryl/α,β-unsaturated/α-hetero) is 1. The van der Waals surface area contributed by atoms with Crippen molar-refractivity contribution in [1.29, 1.82) is 0 Å². The van der Waals surface area contributed by atoms with Gasteiger partial charge in [-0.2, -0.15) is 5.10 Å². The van der Waals surface area contributed by atoms with E-state index in [9.17, 15) is 14.0 Å². The van der Waals surface area contributed by atoms with E-state index < -0.39 is 5.82 Å². The van der Waals surface area contributed by atoms with E-state index in [2.05, 4.69) is 15.4 Å². The molecular formula is C21H21FN4O2. The first-order chi connectivity index (χ1) is 13.5. The molecule has 0 aliphatic heterocycles. The average molecular weight is 380 g/mol. The van der Waals surface area contributed by atoms with E-state index in [1.165, 1.54) is 24.3 Å². The molecule has 0 saturated carbocycles. The van der Waals surface area contributed by atoms with Gasteiger partial charge in [-0.15, -0.1) is 0 Å². The molecular weight excluding hydrogens is 359 g/mol. The summed E-state index contributed by atoms with van der Waals surface area (Å²) >= 11 is 0. The summed E-state index contributed by atoms with van der Waals surface area (Å²) in [5, 5.41) is 7.25. The van der Waals surface area contributed by atoms with Crippen LogP contribution in [0.4, 0.5) is 4.39 Å². The number of rotatable bonds is 7. The Labute approximate surface area is 162 Å². The summed E-state index contributed by atoms with van der Waals surface area (Å²) < 4.78 is 14.6. The molecule has 2 aromatic heterocycles. The maximum absolute atomic E-state index is 12.9. The van der Waals surface area contributed by atoms with E-state index >= 15 is 0 Å². The van der Waals surface area contributed by atoms with Crippen molar-refractivity contribution in [3.63, 3.8) is 0 Å². The van der Waals surface area contributed by atoms with Gasteiger partial charge in [-0.3, -0.25) is 9.59 Å². The molecule has 144 valence electrons. The normalized spacial score (nSPS) is 11.8. The van der Waals surface area contributed by atoms with Crippen LogP contribution in [-0.2, 0) is 4.79 Å². The topological polar surface area (TPSA) is 76.9 Å². The van der Waals surface area contributed by atoms with Gasteiger partial charge in [0.2, 0.25) is 5.91 Å². The number of ketones is 1. The number of carbonyl (C=O) groups is 2. The minimum Gasteiger partial charge on any atom is -0.349 e. The molecule has 1 aromatic carbocycles. The number of hydrogen-bond donors (Lipinski definition) is 1. The number of pyridine rings is 1. The molecule has 1 N–H and O–H groups in total. The van der Waals surface area contributed by atoms with Gasteiger partial charge in [0.25, 0.3) is 0 Å². The summed E-state index contributed by atoms with van der Waals surface area (Å²) in [5.41, 5.74) is 2.16. The smallest absolute Gasteiger partial charge is 0.220 e. The first-order valence-corrected chi connectivity index (χ1v) is 8.99. The number of hydrogen-bond acceptors (Lipinski definition) is 4. The fraction of sp³-hybridized carbons (Fsp3) is 0.238. The summed E-state index contributed by atoms with van der Waals surface area (Å²) in [6.07, 6.45) is 3.53. The third kappa shape index (κ3) is 4.49. The van der Waals surface area contributed by atoms with E-state index in [0.29, 0.717) is 11.4 Å². The van der Waals surface area contributed by atoms with Crippen molar-refractivity contribution < 1.29 is 14.0 Å². The van der Waals surface area contributed by atoms with Crippen LogP contribution in [0.25, 0.3) is 5.82 Å². The molecule has 28 heavy (non-hydrogen) atoms. The van der Waals surface area contributed by atoms with E-state index in [1.807, 2.05) is 32.0 Å². The Morgan fingerprint density at radius 1 is 1.14 bits per heavy atom. The van der Waals surface area contributed by atoms with E-state index in [-0.39, 0.29) is 30.6 Å². The van der Waals surface area contributed by atoms with Crippen molar-refractivity contribution in [3.8, 4) is 5.82 Å². The summed E-state index contributed by atoms with van der Waals surface area (Å²) in [5.74, 6) is -0.116. The molecule has 0 unspecified atom stereocenters. The van der Waals surface area contributed by atoms with Crippen LogP contribution >= 0.6 is 0 Å². The molecule has 0 fully saturated rings. The van der Waals surface area contributed by atoms with E-state index in [4.69, 9.17) is 0 Å². The highest BCUT2D eigenvalue weighted by Gasteiger charge is 2.17. The molecule has 3 rings (SSSR count). The fourth-order valence-electron chi connectivity index (χ4n) is 2.96. The Kier molecular flexibility index (Phi) is 5.93. The van der Waals surface area contributed by atoms with E-state index in [0.717, 1.165) is 11.3 Å². The van der Waals surface area contributed by atoms with Crippen molar-refractivity contribution in [1.82, 2.24) is 20.1 Å². The third-order valence-electron chi connectivity index (χ3n) is 4.50. The average Bonchev–Trinajstić information content (AvgIpc) is 3.09. The SMILES string of the molecule is Cc1c([C@H](C)NC(=O)CCC(=O)c2ccc(F)cc2)cnn1-c1ccccn1. The van der Waals surface area contributed by atoms with E-state index in [1.54, 1.807) is 17.1 Å². The second-order valence-electron chi connectivity index (χ2n) is 6.50. The Morgan fingerprint density at radius 3 is 2.57 bits per heavy atom. The van der Waals surface area contributed by atoms with Crippen LogP contribution < -0.4 is 5.32 Å².